The van der Waals surface area contributed by atoms with Crippen molar-refractivity contribution in [3.63, 3.8) is 0 Å². The third kappa shape index (κ3) is 4.53. The molecule has 2 aliphatic rings. The van der Waals surface area contributed by atoms with E-state index in [0.29, 0.717) is 37.0 Å². The molecule has 1 aliphatic carbocycles. The summed E-state index contributed by atoms with van der Waals surface area (Å²) in [6.45, 7) is 6.43. The Morgan fingerprint density at radius 1 is 1.11 bits per heavy atom. The van der Waals surface area contributed by atoms with E-state index in [1.165, 1.54) is 4.31 Å². The first-order chi connectivity index (χ1) is 12.9. The molecule has 1 saturated carbocycles. The van der Waals surface area contributed by atoms with E-state index in [-0.39, 0.29) is 29.3 Å². The number of fused-ring (bicyclic) bond motifs is 1. The molecule has 0 spiro atoms. The quantitative estimate of drug-likeness (QED) is 0.722. The summed E-state index contributed by atoms with van der Waals surface area (Å²) >= 11 is 0. The summed E-state index contributed by atoms with van der Waals surface area (Å²) < 4.78 is 27.2. The average Bonchev–Trinajstić information content (AvgIpc) is 3.23. The van der Waals surface area contributed by atoms with Crippen LogP contribution in [0, 0.1) is 11.8 Å². The fraction of sp³-hybridized carbons (Fsp3) is 0.650. The second-order valence-electron chi connectivity index (χ2n) is 7.80. The second kappa shape index (κ2) is 9.57. The zero-order chi connectivity index (χ0) is 19.6. The molecule has 1 saturated heterocycles. The number of amides is 1. The number of nitrogens with zero attached hydrogens (tertiary/aromatic N) is 2. The Bertz CT molecular complexity index is 763. The van der Waals surface area contributed by atoms with E-state index in [2.05, 4.69) is 0 Å². The van der Waals surface area contributed by atoms with E-state index in [0.717, 1.165) is 32.2 Å². The molecular weight excluding hydrogens is 398 g/mol. The van der Waals surface area contributed by atoms with Crippen LogP contribution in [0.4, 0.5) is 0 Å². The maximum absolute atomic E-state index is 12.8. The second-order valence-corrected chi connectivity index (χ2v) is 9.74. The van der Waals surface area contributed by atoms with Gasteiger partial charge in [0.1, 0.15) is 0 Å². The van der Waals surface area contributed by atoms with Crippen molar-refractivity contribution >= 4 is 28.3 Å². The first-order valence-electron chi connectivity index (χ1n) is 10.0. The highest BCUT2D eigenvalue weighted by atomic mass is 35.5. The fourth-order valence-electron chi connectivity index (χ4n) is 4.43. The van der Waals surface area contributed by atoms with Crippen LogP contribution < -0.4 is 5.73 Å². The summed E-state index contributed by atoms with van der Waals surface area (Å²) in [5.74, 6) is 0.894. The van der Waals surface area contributed by atoms with Gasteiger partial charge in [-0.1, -0.05) is 13.8 Å². The molecule has 1 aliphatic heterocycles. The predicted octanol–water partition coefficient (Wildman–Crippen LogP) is 2.73. The lowest BCUT2D eigenvalue weighted by Crippen LogP contribution is -2.34. The van der Waals surface area contributed by atoms with Gasteiger partial charge in [0.2, 0.25) is 10.0 Å². The van der Waals surface area contributed by atoms with Gasteiger partial charge in [0, 0.05) is 37.8 Å². The summed E-state index contributed by atoms with van der Waals surface area (Å²) in [6.07, 6.45) is 3.69. The lowest BCUT2D eigenvalue weighted by atomic mass is 9.98. The number of carbonyl (C=O) groups excluding carboxylic acids is 1. The molecule has 2 fully saturated rings. The Hall–Kier alpha value is -1.15. The highest BCUT2D eigenvalue weighted by Gasteiger charge is 2.42. The summed E-state index contributed by atoms with van der Waals surface area (Å²) in [4.78, 5) is 14.9. The van der Waals surface area contributed by atoms with Gasteiger partial charge in [0.05, 0.1) is 4.90 Å². The molecule has 6 nitrogen and oxygen atoms in total. The average molecular weight is 430 g/mol. The highest BCUT2D eigenvalue weighted by Crippen LogP contribution is 2.37. The van der Waals surface area contributed by atoms with Crippen LogP contribution in [0.1, 0.15) is 49.9 Å². The van der Waals surface area contributed by atoms with E-state index in [9.17, 15) is 13.2 Å². The van der Waals surface area contributed by atoms with Gasteiger partial charge in [-0.3, -0.25) is 4.79 Å². The van der Waals surface area contributed by atoms with Gasteiger partial charge < -0.3 is 10.6 Å². The normalized spacial score (nSPS) is 24.3. The Morgan fingerprint density at radius 2 is 1.71 bits per heavy atom. The van der Waals surface area contributed by atoms with Gasteiger partial charge in [-0.25, -0.2) is 8.42 Å². The maximum Gasteiger partial charge on any atom is 0.253 e. The largest absolute Gasteiger partial charge is 0.338 e. The first kappa shape index (κ1) is 23.1. The van der Waals surface area contributed by atoms with Crippen LogP contribution in [-0.2, 0) is 10.0 Å². The lowest BCUT2D eigenvalue weighted by Gasteiger charge is -2.21. The molecule has 3 unspecified atom stereocenters. The number of halogens is 1. The molecule has 1 aromatic rings. The molecule has 3 rings (SSSR count). The molecule has 158 valence electrons. The van der Waals surface area contributed by atoms with Crippen LogP contribution in [-0.4, -0.2) is 55.8 Å². The van der Waals surface area contributed by atoms with Crippen molar-refractivity contribution in [3.8, 4) is 0 Å². The molecule has 1 aromatic carbocycles. The number of benzene rings is 1. The predicted molar refractivity (Wildman–Crippen MR) is 113 cm³/mol. The molecule has 1 heterocycles. The minimum Gasteiger partial charge on any atom is -0.338 e. The minimum atomic E-state index is -3.51. The van der Waals surface area contributed by atoms with Crippen molar-refractivity contribution in [1.29, 1.82) is 0 Å². The van der Waals surface area contributed by atoms with Crippen molar-refractivity contribution < 1.29 is 13.2 Å². The molecule has 0 bridgehead atoms. The Balaban J connectivity index is 0.00000280. The van der Waals surface area contributed by atoms with Gasteiger partial charge in [0.25, 0.3) is 5.91 Å². The number of likely N-dealkylation sites (tertiary alicyclic amines) is 1. The number of nitrogens with two attached hydrogens (primary N) is 1. The van der Waals surface area contributed by atoms with Crippen molar-refractivity contribution in [2.75, 3.05) is 26.2 Å². The van der Waals surface area contributed by atoms with E-state index in [1.54, 1.807) is 24.3 Å². The van der Waals surface area contributed by atoms with Crippen LogP contribution in [0.25, 0.3) is 0 Å². The van der Waals surface area contributed by atoms with Crippen LogP contribution in [0.2, 0.25) is 0 Å². The maximum atomic E-state index is 12.8. The van der Waals surface area contributed by atoms with Gasteiger partial charge >= 0.3 is 0 Å². The molecule has 0 radical (unpaired) electrons. The molecule has 0 aromatic heterocycles. The molecule has 2 N–H and O–H groups in total. The van der Waals surface area contributed by atoms with E-state index in [4.69, 9.17) is 5.73 Å². The van der Waals surface area contributed by atoms with Crippen LogP contribution in [0.3, 0.4) is 0 Å². The van der Waals surface area contributed by atoms with Gasteiger partial charge in [0.15, 0.2) is 0 Å². The molecular formula is C20H32ClN3O3S. The molecule has 3 atom stereocenters. The van der Waals surface area contributed by atoms with E-state index < -0.39 is 10.0 Å². The molecule has 1 amide bonds. The molecule has 8 heteroatoms. The van der Waals surface area contributed by atoms with Crippen LogP contribution in [0.5, 0.6) is 0 Å². The van der Waals surface area contributed by atoms with Gasteiger partial charge in [-0.05, 0) is 61.8 Å². The smallest absolute Gasteiger partial charge is 0.253 e. The minimum absolute atomic E-state index is 0. The summed E-state index contributed by atoms with van der Waals surface area (Å²) in [7, 11) is -3.51. The standard InChI is InChI=1S/C20H31N3O3S.ClH/c1-3-11-23(12-4-2)27(25,26)17-8-5-15(6-9-17)20(24)22-13-16-7-10-19(21)18(16)14-22;/h5-6,8-9,16,18-19H,3-4,7,10-14,21H2,1-2H3;1H. The first-order valence-corrected chi connectivity index (χ1v) is 11.5. The number of hydrogen-bond acceptors (Lipinski definition) is 4. The number of sulfonamides is 1. The molecule has 28 heavy (non-hydrogen) atoms. The third-order valence-corrected chi connectivity index (χ3v) is 7.80. The highest BCUT2D eigenvalue weighted by molar-refractivity contribution is 7.89. The van der Waals surface area contributed by atoms with Crippen molar-refractivity contribution in [1.82, 2.24) is 9.21 Å². The van der Waals surface area contributed by atoms with E-state index in [1.807, 2.05) is 18.7 Å². The summed E-state index contributed by atoms with van der Waals surface area (Å²) in [6, 6.07) is 6.59. The van der Waals surface area contributed by atoms with Crippen LogP contribution in [0.15, 0.2) is 29.2 Å². The summed E-state index contributed by atoms with van der Waals surface area (Å²) in [5, 5.41) is 0. The third-order valence-electron chi connectivity index (χ3n) is 5.88. The number of hydrogen-bond donors (Lipinski definition) is 1. The topological polar surface area (TPSA) is 83.7 Å². The van der Waals surface area contributed by atoms with Crippen molar-refractivity contribution in [2.24, 2.45) is 17.6 Å². The Morgan fingerprint density at radius 3 is 2.25 bits per heavy atom. The van der Waals surface area contributed by atoms with Gasteiger partial charge in [-0.2, -0.15) is 4.31 Å². The zero-order valence-corrected chi connectivity index (χ0v) is 18.3. The Labute approximate surface area is 174 Å². The zero-order valence-electron chi connectivity index (χ0n) is 16.7. The van der Waals surface area contributed by atoms with Crippen LogP contribution >= 0.6 is 12.4 Å². The van der Waals surface area contributed by atoms with Crippen molar-refractivity contribution in [3.05, 3.63) is 29.8 Å². The van der Waals surface area contributed by atoms with E-state index >= 15 is 0 Å². The SMILES string of the molecule is CCCN(CCC)S(=O)(=O)c1ccc(C(=O)N2CC3CCC(N)C3C2)cc1.Cl. The number of rotatable bonds is 7. The van der Waals surface area contributed by atoms with Gasteiger partial charge in [-0.15, -0.1) is 12.4 Å². The van der Waals surface area contributed by atoms with Crippen molar-refractivity contribution in [2.45, 2.75) is 50.5 Å². The lowest BCUT2D eigenvalue weighted by molar-refractivity contribution is 0.0779. The Kier molecular flexibility index (Phi) is 7.90. The monoisotopic (exact) mass is 429 g/mol. The number of carbonyl (C=O) groups is 1. The summed E-state index contributed by atoms with van der Waals surface area (Å²) in [5.41, 5.74) is 6.70. The fourth-order valence-corrected chi connectivity index (χ4v) is 6.05.